The zero-order valence-electron chi connectivity index (χ0n) is 19.2. The Hall–Kier alpha value is -3.51. The Morgan fingerprint density at radius 2 is 1.53 bits per heavy atom. The number of carboxylic acids is 1. The van der Waals surface area contributed by atoms with Crippen LogP contribution in [0.15, 0.2) is 30.3 Å². The summed E-state index contributed by atoms with van der Waals surface area (Å²) in [6.07, 6.45) is 1.11. The molecule has 4 unspecified atom stereocenters. The summed E-state index contributed by atoms with van der Waals surface area (Å²) in [5, 5.41) is 16.3. The van der Waals surface area contributed by atoms with Gasteiger partial charge >= 0.3 is 5.97 Å². The Morgan fingerprint density at radius 3 is 2.09 bits per heavy atom. The largest absolute Gasteiger partial charge is 0.480 e. The summed E-state index contributed by atoms with van der Waals surface area (Å²) in [6, 6.07) is 4.63. The van der Waals surface area contributed by atoms with Crippen molar-refractivity contribution in [3.63, 3.8) is 0 Å². The lowest BCUT2D eigenvalue weighted by atomic mass is 10.0. The summed E-state index contributed by atoms with van der Waals surface area (Å²) in [7, 11) is 0. The first-order chi connectivity index (χ1) is 16.0. The van der Waals surface area contributed by atoms with Crippen LogP contribution in [-0.4, -0.2) is 65.4 Å². The molecule has 4 atom stereocenters. The third-order valence-corrected chi connectivity index (χ3v) is 4.99. The van der Waals surface area contributed by atoms with Gasteiger partial charge in [-0.05, 0) is 44.7 Å². The highest BCUT2D eigenvalue weighted by atomic mass is 16.4. The predicted octanol–water partition coefficient (Wildman–Crippen LogP) is -1.88. The molecule has 0 spiro atoms. The zero-order chi connectivity index (χ0) is 25.7. The van der Waals surface area contributed by atoms with Crippen LogP contribution in [0, 0.1) is 0 Å². The molecular formula is C22H34N6O6. The molecule has 12 heteroatoms. The van der Waals surface area contributed by atoms with Crippen molar-refractivity contribution in [1.29, 1.82) is 0 Å². The quantitative estimate of drug-likeness (QED) is 0.141. The van der Waals surface area contributed by atoms with E-state index in [4.69, 9.17) is 22.3 Å². The minimum Gasteiger partial charge on any atom is -0.480 e. The van der Waals surface area contributed by atoms with E-state index >= 15 is 0 Å². The number of benzene rings is 1. The molecule has 0 aliphatic carbocycles. The fourth-order valence-electron chi connectivity index (χ4n) is 3.08. The molecule has 0 fully saturated rings. The zero-order valence-corrected chi connectivity index (χ0v) is 19.2. The van der Waals surface area contributed by atoms with Gasteiger partial charge in [-0.2, -0.15) is 0 Å². The summed E-state index contributed by atoms with van der Waals surface area (Å²) < 4.78 is 0. The third kappa shape index (κ3) is 10.4. The van der Waals surface area contributed by atoms with Gasteiger partial charge in [-0.25, -0.2) is 4.79 Å². The molecule has 0 aromatic heterocycles. The molecule has 0 saturated heterocycles. The second-order valence-corrected chi connectivity index (χ2v) is 7.94. The highest BCUT2D eigenvalue weighted by Crippen LogP contribution is 2.05. The fourth-order valence-corrected chi connectivity index (χ4v) is 3.08. The number of primary amides is 1. The van der Waals surface area contributed by atoms with Crippen LogP contribution in [0.25, 0.3) is 0 Å². The van der Waals surface area contributed by atoms with E-state index in [1.54, 1.807) is 0 Å². The Bertz CT molecular complexity index is 850. The topological polar surface area (TPSA) is 220 Å². The molecule has 1 aromatic rings. The number of nitrogens with one attached hydrogen (secondary N) is 3. The lowest BCUT2D eigenvalue weighted by Gasteiger charge is -2.23. The minimum atomic E-state index is -1.53. The molecule has 4 amide bonds. The number of unbranched alkanes of at least 4 members (excludes halogenated alkanes) is 1. The van der Waals surface area contributed by atoms with Gasteiger partial charge in [0.25, 0.3) is 0 Å². The van der Waals surface area contributed by atoms with Crippen LogP contribution < -0.4 is 33.2 Å². The SMILES string of the molecule is CC(NC(=O)C(CCCCN)NC(=O)C(N)Cc1ccccc1)C(=O)NC(CC(N)=O)C(=O)O. The molecule has 188 valence electrons. The molecule has 1 aromatic carbocycles. The van der Waals surface area contributed by atoms with E-state index in [9.17, 15) is 24.0 Å². The van der Waals surface area contributed by atoms with E-state index in [1.807, 2.05) is 30.3 Å². The summed E-state index contributed by atoms with van der Waals surface area (Å²) >= 11 is 0. The molecule has 12 nitrogen and oxygen atoms in total. The number of aliphatic carboxylic acids is 1. The van der Waals surface area contributed by atoms with Crippen LogP contribution in [-0.2, 0) is 30.4 Å². The van der Waals surface area contributed by atoms with Crippen molar-refractivity contribution < 1.29 is 29.1 Å². The first-order valence-corrected chi connectivity index (χ1v) is 11.0. The Balaban J connectivity index is 2.77. The van der Waals surface area contributed by atoms with Crippen molar-refractivity contribution in [2.75, 3.05) is 6.54 Å². The smallest absolute Gasteiger partial charge is 0.326 e. The average Bonchev–Trinajstić information content (AvgIpc) is 2.78. The van der Waals surface area contributed by atoms with Crippen LogP contribution in [0.5, 0.6) is 0 Å². The molecule has 1 rings (SSSR count). The summed E-state index contributed by atoms with van der Waals surface area (Å²) in [5.74, 6) is -4.33. The number of rotatable bonds is 15. The minimum absolute atomic E-state index is 0.264. The number of carboxylic acid groups (broad SMARTS) is 1. The number of carbonyl (C=O) groups is 5. The van der Waals surface area contributed by atoms with Gasteiger partial charge in [0, 0.05) is 0 Å². The van der Waals surface area contributed by atoms with Gasteiger partial charge < -0.3 is 38.3 Å². The monoisotopic (exact) mass is 478 g/mol. The number of hydrogen-bond acceptors (Lipinski definition) is 7. The van der Waals surface area contributed by atoms with Crippen LogP contribution >= 0.6 is 0 Å². The van der Waals surface area contributed by atoms with Crippen LogP contribution in [0.1, 0.15) is 38.2 Å². The lowest BCUT2D eigenvalue weighted by molar-refractivity contribution is -0.143. The third-order valence-electron chi connectivity index (χ3n) is 4.99. The van der Waals surface area contributed by atoms with Gasteiger partial charge in [0.2, 0.25) is 23.6 Å². The maximum absolute atomic E-state index is 12.8. The molecule has 0 aliphatic heterocycles. The van der Waals surface area contributed by atoms with Gasteiger partial charge in [0.05, 0.1) is 12.5 Å². The van der Waals surface area contributed by atoms with Crippen molar-refractivity contribution in [3.8, 4) is 0 Å². The van der Waals surface area contributed by atoms with Gasteiger partial charge in [-0.15, -0.1) is 0 Å². The number of hydrogen-bond donors (Lipinski definition) is 7. The van der Waals surface area contributed by atoms with E-state index in [0.717, 1.165) is 5.56 Å². The van der Waals surface area contributed by atoms with E-state index in [2.05, 4.69) is 16.0 Å². The molecule has 0 aliphatic rings. The second kappa shape index (κ2) is 14.6. The van der Waals surface area contributed by atoms with Gasteiger partial charge in [0.15, 0.2) is 0 Å². The number of nitrogens with two attached hydrogens (primary N) is 3. The molecule has 0 saturated carbocycles. The van der Waals surface area contributed by atoms with E-state index in [1.165, 1.54) is 6.92 Å². The van der Waals surface area contributed by atoms with Crippen LogP contribution in [0.3, 0.4) is 0 Å². The normalized spacial score (nSPS) is 14.2. The van der Waals surface area contributed by atoms with Crippen molar-refractivity contribution in [2.24, 2.45) is 17.2 Å². The summed E-state index contributed by atoms with van der Waals surface area (Å²) in [6.45, 7) is 1.75. The fraction of sp³-hybridized carbons (Fsp3) is 0.500. The van der Waals surface area contributed by atoms with Gasteiger partial charge in [-0.3, -0.25) is 19.2 Å². The second-order valence-electron chi connectivity index (χ2n) is 7.94. The molecule has 10 N–H and O–H groups in total. The Morgan fingerprint density at radius 1 is 0.912 bits per heavy atom. The first-order valence-electron chi connectivity index (χ1n) is 11.0. The van der Waals surface area contributed by atoms with Crippen LogP contribution in [0.2, 0.25) is 0 Å². The summed E-state index contributed by atoms with van der Waals surface area (Å²) in [4.78, 5) is 59.9. The number of carbonyl (C=O) groups excluding carboxylic acids is 4. The average molecular weight is 479 g/mol. The van der Waals surface area contributed by atoms with Gasteiger partial charge in [-0.1, -0.05) is 30.3 Å². The van der Waals surface area contributed by atoms with Crippen molar-refractivity contribution in [3.05, 3.63) is 35.9 Å². The molecule has 0 bridgehead atoms. The number of amides is 4. The van der Waals surface area contributed by atoms with Crippen molar-refractivity contribution in [1.82, 2.24) is 16.0 Å². The Kier molecular flexibility index (Phi) is 12.2. The van der Waals surface area contributed by atoms with Crippen molar-refractivity contribution in [2.45, 2.75) is 63.2 Å². The van der Waals surface area contributed by atoms with E-state index in [0.29, 0.717) is 19.4 Å². The van der Waals surface area contributed by atoms with E-state index < -0.39 is 60.2 Å². The van der Waals surface area contributed by atoms with Crippen LogP contribution in [0.4, 0.5) is 0 Å². The highest BCUT2D eigenvalue weighted by molar-refractivity contribution is 5.94. The predicted molar refractivity (Wildman–Crippen MR) is 124 cm³/mol. The van der Waals surface area contributed by atoms with E-state index in [-0.39, 0.29) is 12.8 Å². The molecule has 34 heavy (non-hydrogen) atoms. The first kappa shape index (κ1) is 28.5. The molecule has 0 heterocycles. The standard InChI is InChI=1S/C22H34N6O6/c1-13(19(30)28-17(22(33)34)12-18(25)29)26-21(32)16(9-5-6-10-23)27-20(31)15(24)11-14-7-3-2-4-8-14/h2-4,7-8,13,15-17H,5-6,9-12,23-24H2,1H3,(H2,25,29)(H,26,32)(H,27,31)(H,28,30)(H,33,34). The Labute approximate surface area is 198 Å². The molecular weight excluding hydrogens is 444 g/mol. The maximum Gasteiger partial charge on any atom is 0.326 e. The highest BCUT2D eigenvalue weighted by Gasteiger charge is 2.28. The summed E-state index contributed by atoms with van der Waals surface area (Å²) in [5.41, 5.74) is 17.4. The van der Waals surface area contributed by atoms with Gasteiger partial charge in [0.1, 0.15) is 18.1 Å². The van der Waals surface area contributed by atoms with Crippen molar-refractivity contribution >= 4 is 29.6 Å². The molecule has 0 radical (unpaired) electrons. The maximum atomic E-state index is 12.8. The lowest BCUT2D eigenvalue weighted by Crippen LogP contribution is -2.56.